The Labute approximate surface area is 90.7 Å². The van der Waals surface area contributed by atoms with Gasteiger partial charge in [-0.2, -0.15) is 0 Å². The van der Waals surface area contributed by atoms with E-state index >= 15 is 0 Å². The van der Waals surface area contributed by atoms with Gasteiger partial charge in [-0.05, 0) is 18.9 Å². The molecule has 2 rings (SSSR count). The monoisotopic (exact) mass is 206 g/mol. The third-order valence-corrected chi connectivity index (χ3v) is 3.52. The van der Waals surface area contributed by atoms with E-state index in [0.717, 1.165) is 18.6 Å². The molecule has 1 aromatic heterocycles. The van der Waals surface area contributed by atoms with Gasteiger partial charge in [0.05, 0.1) is 7.11 Å². The maximum Gasteiger partial charge on any atom is 0.125 e. The average Bonchev–Trinajstić information content (AvgIpc) is 2.79. The molecule has 0 atom stereocenters. The zero-order valence-electron chi connectivity index (χ0n) is 9.20. The van der Waals surface area contributed by atoms with Crippen LogP contribution in [-0.4, -0.2) is 18.6 Å². The van der Waals surface area contributed by atoms with E-state index in [2.05, 4.69) is 4.98 Å². The molecular weight excluding hydrogens is 188 g/mol. The summed E-state index contributed by atoms with van der Waals surface area (Å²) in [5.74, 6) is 0.928. The first-order chi connectivity index (χ1) is 7.32. The lowest BCUT2D eigenvalue weighted by Gasteiger charge is -2.28. The minimum atomic E-state index is 0.111. The van der Waals surface area contributed by atoms with Crippen LogP contribution in [0.15, 0.2) is 18.5 Å². The largest absolute Gasteiger partial charge is 0.496 e. The molecule has 3 nitrogen and oxygen atoms in total. The quantitative estimate of drug-likeness (QED) is 0.821. The number of ether oxygens (including phenoxy) is 1. The molecule has 2 N–H and O–H groups in total. The highest BCUT2D eigenvalue weighted by Crippen LogP contribution is 2.43. The number of aromatic nitrogens is 1. The summed E-state index contributed by atoms with van der Waals surface area (Å²) in [4.78, 5) is 4.20. The molecule has 0 aromatic carbocycles. The summed E-state index contributed by atoms with van der Waals surface area (Å²) >= 11 is 0. The molecule has 0 saturated heterocycles. The van der Waals surface area contributed by atoms with Crippen LogP contribution < -0.4 is 10.5 Å². The first-order valence-electron chi connectivity index (χ1n) is 5.51. The van der Waals surface area contributed by atoms with Gasteiger partial charge in [-0.1, -0.05) is 12.8 Å². The Morgan fingerprint density at radius 1 is 1.47 bits per heavy atom. The number of hydrogen-bond acceptors (Lipinski definition) is 3. The summed E-state index contributed by atoms with van der Waals surface area (Å²) in [6, 6.07) is 1.92. The Morgan fingerprint density at radius 3 is 2.80 bits per heavy atom. The maximum absolute atomic E-state index is 5.94. The van der Waals surface area contributed by atoms with Crippen molar-refractivity contribution in [3.8, 4) is 5.75 Å². The highest BCUT2D eigenvalue weighted by Gasteiger charge is 2.36. The van der Waals surface area contributed by atoms with Crippen LogP contribution in [0, 0.1) is 0 Å². The smallest absolute Gasteiger partial charge is 0.125 e. The van der Waals surface area contributed by atoms with Gasteiger partial charge in [-0.25, -0.2) is 0 Å². The summed E-state index contributed by atoms with van der Waals surface area (Å²) in [5.41, 5.74) is 7.24. The summed E-state index contributed by atoms with van der Waals surface area (Å²) < 4.78 is 5.39. The Morgan fingerprint density at radius 2 is 2.20 bits per heavy atom. The van der Waals surface area contributed by atoms with E-state index in [1.165, 1.54) is 18.4 Å². The van der Waals surface area contributed by atoms with Crippen molar-refractivity contribution >= 4 is 0 Å². The fraction of sp³-hybridized carbons (Fsp3) is 0.583. The van der Waals surface area contributed by atoms with E-state index in [-0.39, 0.29) is 5.41 Å². The molecular formula is C12H18N2O. The Balaban J connectivity index is 2.41. The number of rotatable bonds is 3. The molecule has 0 spiro atoms. The van der Waals surface area contributed by atoms with Gasteiger partial charge in [-0.3, -0.25) is 4.98 Å². The highest BCUT2D eigenvalue weighted by molar-refractivity contribution is 5.38. The fourth-order valence-corrected chi connectivity index (χ4v) is 2.59. The van der Waals surface area contributed by atoms with Crippen LogP contribution in [0.25, 0.3) is 0 Å². The molecule has 0 bridgehead atoms. The van der Waals surface area contributed by atoms with E-state index in [4.69, 9.17) is 10.5 Å². The minimum absolute atomic E-state index is 0.111. The average molecular weight is 206 g/mol. The van der Waals surface area contributed by atoms with Crippen LogP contribution in [0.2, 0.25) is 0 Å². The predicted molar refractivity (Wildman–Crippen MR) is 60.0 cm³/mol. The van der Waals surface area contributed by atoms with Crippen molar-refractivity contribution in [1.82, 2.24) is 4.98 Å². The van der Waals surface area contributed by atoms with Gasteiger partial charge >= 0.3 is 0 Å². The topological polar surface area (TPSA) is 48.1 Å². The zero-order chi connectivity index (χ0) is 10.7. The predicted octanol–water partition coefficient (Wildman–Crippen LogP) is 1.86. The molecule has 82 valence electrons. The van der Waals surface area contributed by atoms with Crippen LogP contribution in [0.5, 0.6) is 5.75 Å². The molecule has 1 aromatic rings. The summed E-state index contributed by atoms with van der Waals surface area (Å²) in [5, 5.41) is 0. The molecule has 1 saturated carbocycles. The zero-order valence-corrected chi connectivity index (χ0v) is 9.20. The van der Waals surface area contributed by atoms with Crippen LogP contribution in [-0.2, 0) is 5.41 Å². The summed E-state index contributed by atoms with van der Waals surface area (Å²) in [6.07, 6.45) is 8.51. The van der Waals surface area contributed by atoms with Crippen LogP contribution in [0.1, 0.15) is 31.2 Å². The molecule has 0 aliphatic heterocycles. The van der Waals surface area contributed by atoms with Gasteiger partial charge in [0.2, 0.25) is 0 Å². The van der Waals surface area contributed by atoms with Gasteiger partial charge in [0, 0.05) is 29.9 Å². The van der Waals surface area contributed by atoms with Crippen molar-refractivity contribution in [3.05, 3.63) is 24.0 Å². The molecule has 1 fully saturated rings. The standard InChI is InChI=1S/C12H18N2O/c1-15-11-4-7-14-8-10(11)12(9-13)5-2-3-6-12/h4,7-8H,2-3,5-6,9,13H2,1H3. The number of nitrogens with zero attached hydrogens (tertiary/aromatic N) is 1. The summed E-state index contributed by atoms with van der Waals surface area (Å²) in [7, 11) is 1.71. The Kier molecular flexibility index (Phi) is 2.91. The number of methoxy groups -OCH3 is 1. The molecule has 0 unspecified atom stereocenters. The van der Waals surface area contributed by atoms with Crippen molar-refractivity contribution in [3.63, 3.8) is 0 Å². The van der Waals surface area contributed by atoms with Gasteiger partial charge < -0.3 is 10.5 Å². The maximum atomic E-state index is 5.94. The third kappa shape index (κ3) is 1.72. The van der Waals surface area contributed by atoms with Crippen molar-refractivity contribution in [2.24, 2.45) is 5.73 Å². The second-order valence-electron chi connectivity index (χ2n) is 4.27. The first kappa shape index (κ1) is 10.4. The van der Waals surface area contributed by atoms with Crippen LogP contribution in [0.3, 0.4) is 0 Å². The number of hydrogen-bond donors (Lipinski definition) is 1. The van der Waals surface area contributed by atoms with Gasteiger partial charge in [0.15, 0.2) is 0 Å². The molecule has 15 heavy (non-hydrogen) atoms. The number of pyridine rings is 1. The lowest BCUT2D eigenvalue weighted by Crippen LogP contribution is -2.32. The lowest BCUT2D eigenvalue weighted by atomic mass is 9.79. The molecule has 1 heterocycles. The molecule has 3 heteroatoms. The second-order valence-corrected chi connectivity index (χ2v) is 4.27. The first-order valence-corrected chi connectivity index (χ1v) is 5.51. The van der Waals surface area contributed by atoms with Crippen molar-refractivity contribution < 1.29 is 4.74 Å². The van der Waals surface area contributed by atoms with Crippen molar-refractivity contribution in [2.45, 2.75) is 31.1 Å². The Bertz CT molecular complexity index is 332. The Hall–Kier alpha value is -1.09. The minimum Gasteiger partial charge on any atom is -0.496 e. The van der Waals surface area contributed by atoms with E-state index in [1.54, 1.807) is 13.3 Å². The van der Waals surface area contributed by atoms with Crippen molar-refractivity contribution in [2.75, 3.05) is 13.7 Å². The molecule has 1 aliphatic rings. The van der Waals surface area contributed by atoms with Crippen molar-refractivity contribution in [1.29, 1.82) is 0 Å². The summed E-state index contributed by atoms with van der Waals surface area (Å²) in [6.45, 7) is 0.690. The SMILES string of the molecule is COc1ccncc1C1(CN)CCCC1. The fourth-order valence-electron chi connectivity index (χ4n) is 2.59. The van der Waals surface area contributed by atoms with Crippen LogP contribution >= 0.6 is 0 Å². The van der Waals surface area contributed by atoms with E-state index < -0.39 is 0 Å². The molecule has 0 radical (unpaired) electrons. The normalized spacial score (nSPS) is 19.1. The van der Waals surface area contributed by atoms with E-state index in [0.29, 0.717) is 6.54 Å². The van der Waals surface area contributed by atoms with Gasteiger partial charge in [0.1, 0.15) is 5.75 Å². The second kappa shape index (κ2) is 4.19. The van der Waals surface area contributed by atoms with Crippen LogP contribution in [0.4, 0.5) is 0 Å². The molecule has 1 aliphatic carbocycles. The van der Waals surface area contributed by atoms with E-state index in [1.807, 2.05) is 12.3 Å². The third-order valence-electron chi connectivity index (χ3n) is 3.52. The van der Waals surface area contributed by atoms with Gasteiger partial charge in [0.25, 0.3) is 0 Å². The highest BCUT2D eigenvalue weighted by atomic mass is 16.5. The lowest BCUT2D eigenvalue weighted by molar-refractivity contribution is 0.376. The van der Waals surface area contributed by atoms with Gasteiger partial charge in [-0.15, -0.1) is 0 Å². The van der Waals surface area contributed by atoms with E-state index in [9.17, 15) is 0 Å². The molecule has 0 amide bonds. The number of nitrogens with two attached hydrogens (primary N) is 1.